The minimum Gasteiger partial charge on any atom is -0.497 e. The Morgan fingerprint density at radius 3 is 2.27 bits per heavy atom. The number of hydrogen-bond donors (Lipinski definition) is 2. The van der Waals surface area contributed by atoms with E-state index in [9.17, 15) is 13.2 Å². The summed E-state index contributed by atoms with van der Waals surface area (Å²) >= 11 is 2.09. The van der Waals surface area contributed by atoms with Gasteiger partial charge in [-0.25, -0.2) is 8.42 Å². The Labute approximate surface area is 188 Å². The number of rotatable bonds is 7. The first kappa shape index (κ1) is 21.9. The van der Waals surface area contributed by atoms with Crippen molar-refractivity contribution in [3.63, 3.8) is 0 Å². The summed E-state index contributed by atoms with van der Waals surface area (Å²) in [5.41, 5.74) is 1.28. The van der Waals surface area contributed by atoms with Crippen LogP contribution < -0.4 is 19.5 Å². The number of amides is 1. The fourth-order valence-corrected chi connectivity index (χ4v) is 4.35. The Morgan fingerprint density at radius 2 is 1.63 bits per heavy atom. The average Bonchev–Trinajstić information content (AvgIpc) is 2.74. The Bertz CT molecular complexity index is 1160. The van der Waals surface area contributed by atoms with Gasteiger partial charge in [-0.1, -0.05) is 12.1 Å². The van der Waals surface area contributed by atoms with E-state index in [2.05, 4.69) is 32.6 Å². The van der Waals surface area contributed by atoms with Gasteiger partial charge in [0.25, 0.3) is 15.9 Å². The van der Waals surface area contributed by atoms with Gasteiger partial charge in [-0.3, -0.25) is 9.52 Å². The highest BCUT2D eigenvalue weighted by molar-refractivity contribution is 14.1. The van der Waals surface area contributed by atoms with Crippen molar-refractivity contribution in [2.75, 3.05) is 24.3 Å². The number of hydrogen-bond acceptors (Lipinski definition) is 5. The summed E-state index contributed by atoms with van der Waals surface area (Å²) in [6.45, 7) is 0. The highest BCUT2D eigenvalue weighted by atomic mass is 127. The van der Waals surface area contributed by atoms with Gasteiger partial charge in [-0.15, -0.1) is 0 Å². The number of halogens is 1. The molecule has 156 valence electrons. The van der Waals surface area contributed by atoms with E-state index in [-0.39, 0.29) is 16.5 Å². The fraction of sp³-hybridized carbons (Fsp3) is 0.0952. The van der Waals surface area contributed by atoms with Gasteiger partial charge >= 0.3 is 0 Å². The molecule has 0 saturated heterocycles. The quantitative estimate of drug-likeness (QED) is 0.436. The summed E-state index contributed by atoms with van der Waals surface area (Å²) in [6, 6.07) is 17.9. The molecule has 0 spiro atoms. The number of anilines is 2. The molecule has 0 aliphatic heterocycles. The van der Waals surface area contributed by atoms with Gasteiger partial charge in [0.15, 0.2) is 0 Å². The van der Waals surface area contributed by atoms with E-state index in [0.29, 0.717) is 22.7 Å². The lowest BCUT2D eigenvalue weighted by Crippen LogP contribution is -2.15. The summed E-state index contributed by atoms with van der Waals surface area (Å²) < 4.78 is 39.2. The molecule has 0 saturated carbocycles. The number of benzene rings is 3. The first-order chi connectivity index (χ1) is 14.3. The maximum atomic E-state index is 12.8. The van der Waals surface area contributed by atoms with Crippen molar-refractivity contribution in [1.29, 1.82) is 0 Å². The van der Waals surface area contributed by atoms with Crippen LogP contribution in [-0.2, 0) is 10.0 Å². The van der Waals surface area contributed by atoms with Crippen molar-refractivity contribution in [2.45, 2.75) is 4.90 Å². The van der Waals surface area contributed by atoms with Crippen LogP contribution in [0, 0.1) is 3.57 Å². The molecule has 0 atom stereocenters. The second-order valence-electron chi connectivity index (χ2n) is 6.13. The molecule has 2 N–H and O–H groups in total. The maximum Gasteiger partial charge on any atom is 0.262 e. The summed E-state index contributed by atoms with van der Waals surface area (Å²) in [5.74, 6) is 0.581. The predicted octanol–water partition coefficient (Wildman–Crippen LogP) is 4.36. The van der Waals surface area contributed by atoms with Crippen LogP contribution in [0.4, 0.5) is 11.4 Å². The lowest BCUT2D eigenvalue weighted by Gasteiger charge is -2.13. The van der Waals surface area contributed by atoms with Gasteiger partial charge in [-0.05, 0) is 71.1 Å². The summed E-state index contributed by atoms with van der Waals surface area (Å²) in [4.78, 5) is 12.5. The van der Waals surface area contributed by atoms with E-state index >= 15 is 0 Å². The van der Waals surface area contributed by atoms with Gasteiger partial charge in [0.05, 0.1) is 30.4 Å². The van der Waals surface area contributed by atoms with Crippen LogP contribution in [0.1, 0.15) is 10.4 Å². The Kier molecular flexibility index (Phi) is 6.83. The van der Waals surface area contributed by atoms with Crippen molar-refractivity contribution >= 4 is 49.9 Å². The van der Waals surface area contributed by atoms with Crippen LogP contribution in [-0.4, -0.2) is 28.5 Å². The van der Waals surface area contributed by atoms with Gasteiger partial charge in [0.1, 0.15) is 11.5 Å². The third kappa shape index (κ3) is 5.03. The Morgan fingerprint density at radius 1 is 0.933 bits per heavy atom. The van der Waals surface area contributed by atoms with E-state index in [1.165, 1.54) is 44.6 Å². The molecule has 30 heavy (non-hydrogen) atoms. The number of methoxy groups -OCH3 is 2. The number of carbonyl (C=O) groups excluding carboxylic acids is 1. The minimum absolute atomic E-state index is 0.0414. The summed E-state index contributed by atoms with van der Waals surface area (Å²) in [7, 11) is -0.935. The zero-order valence-corrected chi connectivity index (χ0v) is 19.2. The smallest absolute Gasteiger partial charge is 0.262 e. The molecule has 3 aromatic rings. The molecule has 0 fully saturated rings. The largest absolute Gasteiger partial charge is 0.497 e. The van der Waals surface area contributed by atoms with Gasteiger partial charge < -0.3 is 14.8 Å². The lowest BCUT2D eigenvalue weighted by atomic mass is 10.2. The molecule has 0 aliphatic rings. The second-order valence-corrected chi connectivity index (χ2v) is 8.97. The second kappa shape index (κ2) is 9.35. The van der Waals surface area contributed by atoms with Crippen LogP contribution in [0.15, 0.2) is 71.6 Å². The molecule has 0 aromatic heterocycles. The average molecular weight is 538 g/mol. The Balaban J connectivity index is 1.78. The normalized spacial score (nSPS) is 10.9. The number of carbonyl (C=O) groups is 1. The number of ether oxygens (including phenoxy) is 2. The summed E-state index contributed by atoms with van der Waals surface area (Å²) in [5, 5.41) is 2.77. The molecule has 9 heteroatoms. The van der Waals surface area contributed by atoms with Crippen LogP contribution in [0.5, 0.6) is 11.5 Å². The molecule has 3 rings (SSSR count). The standard InChI is InChI=1S/C21H19IN2O5S/c1-28-15-9-12-20(29-2)19(13-15)24-30(26,27)16-10-7-14(8-11-16)23-21(25)17-5-3-4-6-18(17)22/h3-13,24H,1-2H3,(H,23,25). The van der Waals surface area contributed by atoms with Crippen molar-refractivity contribution in [1.82, 2.24) is 0 Å². The van der Waals surface area contributed by atoms with Gasteiger partial charge in [0.2, 0.25) is 0 Å². The van der Waals surface area contributed by atoms with Crippen molar-refractivity contribution in [3.8, 4) is 11.5 Å². The predicted molar refractivity (Wildman–Crippen MR) is 124 cm³/mol. The van der Waals surface area contributed by atoms with Crippen LogP contribution >= 0.6 is 22.6 Å². The molecule has 0 bridgehead atoms. The highest BCUT2D eigenvalue weighted by Gasteiger charge is 2.18. The molecular formula is C21H19IN2O5S. The zero-order chi connectivity index (χ0) is 21.7. The third-order valence-electron chi connectivity index (χ3n) is 4.19. The molecule has 7 nitrogen and oxygen atoms in total. The summed E-state index contributed by atoms with van der Waals surface area (Å²) in [6.07, 6.45) is 0. The first-order valence-corrected chi connectivity index (χ1v) is 11.3. The minimum atomic E-state index is -3.87. The van der Waals surface area contributed by atoms with Crippen molar-refractivity contribution in [3.05, 3.63) is 75.9 Å². The molecule has 3 aromatic carbocycles. The molecule has 0 aliphatic carbocycles. The van der Waals surface area contributed by atoms with E-state index in [0.717, 1.165) is 3.57 Å². The van der Waals surface area contributed by atoms with Crippen LogP contribution in [0.25, 0.3) is 0 Å². The van der Waals surface area contributed by atoms with Crippen molar-refractivity contribution < 1.29 is 22.7 Å². The fourth-order valence-electron chi connectivity index (χ4n) is 2.66. The first-order valence-electron chi connectivity index (χ1n) is 8.75. The van der Waals surface area contributed by atoms with Crippen LogP contribution in [0.3, 0.4) is 0 Å². The maximum absolute atomic E-state index is 12.8. The van der Waals surface area contributed by atoms with Crippen molar-refractivity contribution in [2.24, 2.45) is 0 Å². The van der Waals surface area contributed by atoms with E-state index in [1.54, 1.807) is 24.3 Å². The number of nitrogens with one attached hydrogen (secondary N) is 2. The molecule has 1 amide bonds. The highest BCUT2D eigenvalue weighted by Crippen LogP contribution is 2.31. The molecule has 0 radical (unpaired) electrons. The van der Waals surface area contributed by atoms with Gasteiger partial charge in [0, 0.05) is 15.3 Å². The molecule has 0 unspecified atom stereocenters. The zero-order valence-electron chi connectivity index (χ0n) is 16.2. The van der Waals surface area contributed by atoms with E-state index in [1.807, 2.05) is 12.1 Å². The van der Waals surface area contributed by atoms with Gasteiger partial charge in [-0.2, -0.15) is 0 Å². The monoisotopic (exact) mass is 538 g/mol. The molecular weight excluding hydrogens is 519 g/mol. The van der Waals surface area contributed by atoms with E-state index < -0.39 is 10.0 Å². The number of sulfonamides is 1. The van der Waals surface area contributed by atoms with E-state index in [4.69, 9.17) is 9.47 Å². The molecule has 0 heterocycles. The SMILES string of the molecule is COc1ccc(OC)c(NS(=O)(=O)c2ccc(NC(=O)c3ccccc3I)cc2)c1. The third-order valence-corrected chi connectivity index (χ3v) is 6.51. The van der Waals surface area contributed by atoms with Crippen LogP contribution in [0.2, 0.25) is 0 Å². The topological polar surface area (TPSA) is 93.7 Å². The Hall–Kier alpha value is -2.79. The lowest BCUT2D eigenvalue weighted by molar-refractivity contribution is 0.102.